The van der Waals surface area contributed by atoms with Gasteiger partial charge in [0.2, 0.25) is 0 Å². The Hall–Kier alpha value is -4.68. The van der Waals surface area contributed by atoms with E-state index in [0.717, 1.165) is 19.3 Å². The predicted molar refractivity (Wildman–Crippen MR) is 271 cm³/mol. The fourth-order valence-corrected chi connectivity index (χ4v) is 6.74. The van der Waals surface area contributed by atoms with Gasteiger partial charge in [-0.1, -0.05) is 265 Å². The summed E-state index contributed by atoms with van der Waals surface area (Å²) >= 11 is 0. The molecule has 0 fully saturated rings. The summed E-state index contributed by atoms with van der Waals surface area (Å²) in [6.07, 6.45) is 18.2. The summed E-state index contributed by atoms with van der Waals surface area (Å²) in [6.45, 7) is 19.9. The molecule has 0 saturated carbocycles. The van der Waals surface area contributed by atoms with Crippen molar-refractivity contribution in [2.24, 2.45) is 0 Å². The molecule has 0 bridgehead atoms. The maximum absolute atomic E-state index is 2.31. The summed E-state index contributed by atoms with van der Waals surface area (Å²) in [5, 5.41) is 0. The van der Waals surface area contributed by atoms with Crippen LogP contribution in [-0.4, -0.2) is 0 Å². The Labute approximate surface area is 371 Å². The molecule has 0 spiro atoms. The second kappa shape index (κ2) is 37.3. The fourth-order valence-electron chi connectivity index (χ4n) is 6.74. The SMILES string of the molecule is CCCc1ccc(CC)cc1.CCCc1cccc(CC)c1.CCCc1ccccc1.CCCc1ccccc1.CCCc1ccccc1.CCCc1ccccc1CC. The molecule has 0 unspecified atom stereocenters. The second-order valence-electron chi connectivity index (χ2n) is 15.4. The molecule has 0 saturated heterocycles. The molecule has 0 aliphatic heterocycles. The molecule has 6 aromatic carbocycles. The van der Waals surface area contributed by atoms with Crippen LogP contribution < -0.4 is 0 Å². The van der Waals surface area contributed by atoms with Gasteiger partial charge in [0, 0.05) is 0 Å². The molecule has 0 nitrogen and oxygen atoms in total. The average Bonchev–Trinajstić information content (AvgIpc) is 3.30. The van der Waals surface area contributed by atoms with Crippen molar-refractivity contribution < 1.29 is 0 Å². The number of aryl methyl sites for hydroxylation is 9. The van der Waals surface area contributed by atoms with Crippen molar-refractivity contribution in [2.75, 3.05) is 0 Å². The molecule has 0 amide bonds. The first-order valence-corrected chi connectivity index (χ1v) is 23.7. The largest absolute Gasteiger partial charge is 0.0651 e. The highest BCUT2D eigenvalue weighted by Gasteiger charge is 1.96. The van der Waals surface area contributed by atoms with Gasteiger partial charge in [0.1, 0.15) is 0 Å². The molecule has 0 aliphatic rings. The summed E-state index contributed by atoms with van der Waals surface area (Å²) in [4.78, 5) is 0. The molecule has 324 valence electrons. The third-order valence-electron chi connectivity index (χ3n) is 10.1. The van der Waals surface area contributed by atoms with E-state index in [2.05, 4.69) is 226 Å². The molecule has 6 aromatic rings. The Morgan fingerprint density at radius 2 is 0.517 bits per heavy atom. The lowest BCUT2D eigenvalue weighted by atomic mass is 10.0. The highest BCUT2D eigenvalue weighted by molar-refractivity contribution is 5.27. The smallest absolute Gasteiger partial charge is 0.0279 e. The Balaban J connectivity index is 0.000000361. The molecule has 6 rings (SSSR count). The van der Waals surface area contributed by atoms with Crippen molar-refractivity contribution >= 4 is 0 Å². The van der Waals surface area contributed by atoms with Crippen LogP contribution in [0.1, 0.15) is 151 Å². The summed E-state index contributed by atoms with van der Waals surface area (Å²) in [6, 6.07) is 58.2. The van der Waals surface area contributed by atoms with Crippen LogP contribution in [0.4, 0.5) is 0 Å². The summed E-state index contributed by atoms with van der Waals surface area (Å²) in [5.74, 6) is 0. The predicted octanol–water partition coefficient (Wildman–Crippen LogP) is 17.5. The van der Waals surface area contributed by atoms with Crippen molar-refractivity contribution in [1.29, 1.82) is 0 Å². The number of hydrogen-bond donors (Lipinski definition) is 0. The molecule has 0 radical (unpaired) electrons. The maximum atomic E-state index is 2.31. The number of benzene rings is 6. The first kappa shape index (κ1) is 53.3. The van der Waals surface area contributed by atoms with Crippen LogP contribution in [0.3, 0.4) is 0 Å². The van der Waals surface area contributed by atoms with Crippen LogP contribution in [-0.2, 0) is 57.8 Å². The maximum Gasteiger partial charge on any atom is -0.0279 e. The average molecular weight is 805 g/mol. The Bertz CT molecular complexity index is 1690. The zero-order chi connectivity index (χ0) is 43.9. The van der Waals surface area contributed by atoms with Crippen molar-refractivity contribution in [1.82, 2.24) is 0 Å². The van der Waals surface area contributed by atoms with Crippen molar-refractivity contribution in [3.05, 3.63) is 214 Å². The van der Waals surface area contributed by atoms with Crippen LogP contribution in [0.15, 0.2) is 164 Å². The topological polar surface area (TPSA) is 0 Å². The van der Waals surface area contributed by atoms with Gasteiger partial charge in [-0.3, -0.25) is 0 Å². The normalized spacial score (nSPS) is 9.75. The lowest BCUT2D eigenvalue weighted by Gasteiger charge is -2.04. The third-order valence-corrected chi connectivity index (χ3v) is 10.1. The van der Waals surface area contributed by atoms with Gasteiger partial charge in [0.25, 0.3) is 0 Å². The van der Waals surface area contributed by atoms with Crippen LogP contribution >= 0.6 is 0 Å². The van der Waals surface area contributed by atoms with E-state index in [9.17, 15) is 0 Å². The Morgan fingerprint density at radius 1 is 0.217 bits per heavy atom. The van der Waals surface area contributed by atoms with Gasteiger partial charge in [0.05, 0.1) is 0 Å². The van der Waals surface area contributed by atoms with Crippen LogP contribution in [0.25, 0.3) is 0 Å². The van der Waals surface area contributed by atoms with Crippen molar-refractivity contribution in [3.8, 4) is 0 Å². The third kappa shape index (κ3) is 26.4. The van der Waals surface area contributed by atoms with E-state index >= 15 is 0 Å². The number of hydrogen-bond acceptors (Lipinski definition) is 0. The van der Waals surface area contributed by atoms with Crippen LogP contribution in [0.2, 0.25) is 0 Å². The van der Waals surface area contributed by atoms with Crippen molar-refractivity contribution in [2.45, 2.75) is 159 Å². The zero-order valence-electron chi connectivity index (χ0n) is 39.7. The molecular weight excluding hydrogens is 721 g/mol. The fraction of sp³-hybridized carbons (Fsp3) is 0.400. The molecular formula is C60H84. The summed E-state index contributed by atoms with van der Waals surface area (Å²) in [7, 11) is 0. The second-order valence-corrected chi connectivity index (χ2v) is 15.4. The lowest BCUT2D eigenvalue weighted by Crippen LogP contribution is -1.90. The van der Waals surface area contributed by atoms with E-state index in [1.165, 1.54) is 127 Å². The molecule has 0 heteroatoms. The lowest BCUT2D eigenvalue weighted by molar-refractivity contribution is 0.899. The highest BCUT2D eigenvalue weighted by Crippen LogP contribution is 2.11. The standard InChI is InChI=1S/3C11H16.3C9H12/c1-3-7-11-9-6-5-8-10(11)4-2;1-3-6-11-8-5-7-10(4-2)9-11;1-3-5-11-8-6-10(4-2)7-9-11;3*1-2-6-9-7-4-3-5-8-9/h5-6,8-9H,3-4,7H2,1-2H3;5,7-9H,3-4,6H2,1-2H3;6-9H,3-5H2,1-2H3;3*3-5,7-8H,2,6H2,1H3. The minimum atomic E-state index is 1.15. The zero-order valence-corrected chi connectivity index (χ0v) is 39.7. The molecule has 0 atom stereocenters. The minimum Gasteiger partial charge on any atom is -0.0651 e. The van der Waals surface area contributed by atoms with Gasteiger partial charge in [-0.2, -0.15) is 0 Å². The van der Waals surface area contributed by atoms with Gasteiger partial charge in [-0.25, -0.2) is 0 Å². The Morgan fingerprint density at radius 3 is 0.883 bits per heavy atom. The van der Waals surface area contributed by atoms with E-state index in [1.807, 2.05) is 0 Å². The monoisotopic (exact) mass is 805 g/mol. The minimum absolute atomic E-state index is 1.15. The van der Waals surface area contributed by atoms with Crippen LogP contribution in [0, 0.1) is 0 Å². The van der Waals surface area contributed by atoms with E-state index in [1.54, 1.807) is 0 Å². The first-order valence-electron chi connectivity index (χ1n) is 23.7. The molecule has 0 aliphatic carbocycles. The first-order chi connectivity index (χ1) is 29.4. The molecule has 0 aromatic heterocycles. The van der Waals surface area contributed by atoms with Crippen molar-refractivity contribution in [3.63, 3.8) is 0 Å². The van der Waals surface area contributed by atoms with E-state index in [0.29, 0.717) is 0 Å². The van der Waals surface area contributed by atoms with E-state index in [4.69, 9.17) is 0 Å². The molecule has 0 heterocycles. The summed E-state index contributed by atoms with van der Waals surface area (Å²) < 4.78 is 0. The van der Waals surface area contributed by atoms with Gasteiger partial charge in [-0.05, 0) is 108 Å². The number of rotatable bonds is 15. The molecule has 0 N–H and O–H groups in total. The summed E-state index contributed by atoms with van der Waals surface area (Å²) in [5.41, 5.74) is 13.2. The van der Waals surface area contributed by atoms with Gasteiger partial charge in [0.15, 0.2) is 0 Å². The quantitative estimate of drug-likeness (QED) is 0.0970. The highest BCUT2D eigenvalue weighted by atomic mass is 14.0. The van der Waals surface area contributed by atoms with Gasteiger partial charge in [-0.15, -0.1) is 0 Å². The van der Waals surface area contributed by atoms with Gasteiger partial charge >= 0.3 is 0 Å². The van der Waals surface area contributed by atoms with Crippen LogP contribution in [0.5, 0.6) is 0 Å². The van der Waals surface area contributed by atoms with Gasteiger partial charge < -0.3 is 0 Å². The molecule has 60 heavy (non-hydrogen) atoms. The van der Waals surface area contributed by atoms with E-state index in [-0.39, 0.29) is 0 Å². The van der Waals surface area contributed by atoms with E-state index < -0.39 is 0 Å². The Kier molecular flexibility index (Phi) is 33.2.